The molecular weight excluding hydrogens is 267 g/mol. The van der Waals surface area contributed by atoms with Crippen LogP contribution in [0.1, 0.15) is 51.4 Å². The lowest BCUT2D eigenvalue weighted by Crippen LogP contribution is -2.45. The third-order valence-corrected chi connectivity index (χ3v) is 2.67. The zero-order valence-electron chi connectivity index (χ0n) is 12.4. The molecular formula is C15H20F3NO. The van der Waals surface area contributed by atoms with E-state index in [0.29, 0.717) is 18.6 Å². The number of benzene rings is 1. The second-order valence-corrected chi connectivity index (χ2v) is 6.83. The zero-order valence-corrected chi connectivity index (χ0v) is 12.4. The van der Waals surface area contributed by atoms with Gasteiger partial charge in [0.25, 0.3) is 5.91 Å². The highest BCUT2D eigenvalue weighted by atomic mass is 19.2. The van der Waals surface area contributed by atoms with Gasteiger partial charge in [-0.2, -0.15) is 0 Å². The van der Waals surface area contributed by atoms with E-state index < -0.39 is 28.9 Å². The van der Waals surface area contributed by atoms with Gasteiger partial charge in [-0.25, -0.2) is 13.2 Å². The summed E-state index contributed by atoms with van der Waals surface area (Å²) in [4.78, 5) is 12.0. The van der Waals surface area contributed by atoms with Crippen molar-refractivity contribution in [3.63, 3.8) is 0 Å². The SMILES string of the molecule is CC(C)(C)CC(C)(C)NC(=O)c1cc(F)c(F)c(F)c1. The third-order valence-electron chi connectivity index (χ3n) is 2.67. The van der Waals surface area contributed by atoms with E-state index in [1.54, 1.807) is 0 Å². The molecule has 1 aromatic carbocycles. The van der Waals surface area contributed by atoms with E-state index in [0.717, 1.165) is 0 Å². The van der Waals surface area contributed by atoms with Gasteiger partial charge in [0, 0.05) is 11.1 Å². The number of carbonyl (C=O) groups excluding carboxylic acids is 1. The molecule has 0 bridgehead atoms. The van der Waals surface area contributed by atoms with Crippen LogP contribution in [0.3, 0.4) is 0 Å². The number of rotatable bonds is 3. The Balaban J connectivity index is 2.92. The number of nitrogens with one attached hydrogen (secondary N) is 1. The highest BCUT2D eigenvalue weighted by molar-refractivity contribution is 5.94. The lowest BCUT2D eigenvalue weighted by atomic mass is 9.81. The van der Waals surface area contributed by atoms with Gasteiger partial charge in [-0.3, -0.25) is 4.79 Å². The van der Waals surface area contributed by atoms with Gasteiger partial charge in [-0.05, 0) is 37.8 Å². The molecule has 0 aromatic heterocycles. The summed E-state index contributed by atoms with van der Waals surface area (Å²) in [6.07, 6.45) is 0.678. The fourth-order valence-corrected chi connectivity index (χ4v) is 2.44. The van der Waals surface area contributed by atoms with E-state index in [1.165, 1.54) is 0 Å². The van der Waals surface area contributed by atoms with Crippen LogP contribution in [0.4, 0.5) is 13.2 Å². The van der Waals surface area contributed by atoms with Crippen LogP contribution in [0, 0.1) is 22.9 Å². The topological polar surface area (TPSA) is 29.1 Å². The Morgan fingerprint density at radius 1 is 1.05 bits per heavy atom. The van der Waals surface area contributed by atoms with Crippen molar-refractivity contribution in [1.82, 2.24) is 5.32 Å². The van der Waals surface area contributed by atoms with Crippen molar-refractivity contribution in [2.75, 3.05) is 0 Å². The van der Waals surface area contributed by atoms with Crippen LogP contribution in [0.5, 0.6) is 0 Å². The lowest BCUT2D eigenvalue weighted by molar-refractivity contribution is 0.0890. The number of halogens is 3. The summed E-state index contributed by atoms with van der Waals surface area (Å²) in [7, 11) is 0. The Morgan fingerprint density at radius 2 is 1.50 bits per heavy atom. The summed E-state index contributed by atoms with van der Waals surface area (Å²) in [6.45, 7) is 9.73. The highest BCUT2D eigenvalue weighted by Gasteiger charge is 2.28. The first-order valence-corrected chi connectivity index (χ1v) is 6.38. The van der Waals surface area contributed by atoms with Crippen molar-refractivity contribution in [2.45, 2.75) is 46.6 Å². The molecule has 20 heavy (non-hydrogen) atoms. The number of carbonyl (C=O) groups is 1. The Kier molecular flexibility index (Phi) is 4.52. The van der Waals surface area contributed by atoms with Gasteiger partial charge in [0.2, 0.25) is 0 Å². The lowest BCUT2D eigenvalue weighted by Gasteiger charge is -2.33. The number of hydrogen-bond donors (Lipinski definition) is 1. The largest absolute Gasteiger partial charge is 0.347 e. The second kappa shape index (κ2) is 5.46. The van der Waals surface area contributed by atoms with Crippen LogP contribution in [0.25, 0.3) is 0 Å². The van der Waals surface area contributed by atoms with Crippen molar-refractivity contribution >= 4 is 5.91 Å². The van der Waals surface area contributed by atoms with Crippen LogP contribution in [0.2, 0.25) is 0 Å². The monoisotopic (exact) mass is 287 g/mol. The van der Waals surface area contributed by atoms with Crippen molar-refractivity contribution in [1.29, 1.82) is 0 Å². The minimum absolute atomic E-state index is 0.0178. The van der Waals surface area contributed by atoms with Crippen molar-refractivity contribution < 1.29 is 18.0 Å². The minimum atomic E-state index is -1.57. The summed E-state index contributed by atoms with van der Waals surface area (Å²) in [5, 5.41) is 2.71. The molecule has 0 saturated carbocycles. The predicted octanol–water partition coefficient (Wildman–Crippen LogP) is 4.05. The summed E-state index contributed by atoms with van der Waals surface area (Å²) in [6, 6.07) is 1.39. The maximum absolute atomic E-state index is 13.1. The van der Waals surface area contributed by atoms with E-state index >= 15 is 0 Å². The predicted molar refractivity (Wildman–Crippen MR) is 71.9 cm³/mol. The second-order valence-electron chi connectivity index (χ2n) is 6.83. The normalized spacial score (nSPS) is 12.4. The van der Waals surface area contributed by atoms with E-state index in [4.69, 9.17) is 0 Å². The first kappa shape index (κ1) is 16.5. The molecule has 0 aliphatic carbocycles. The molecule has 0 aliphatic rings. The van der Waals surface area contributed by atoms with Crippen molar-refractivity contribution in [2.24, 2.45) is 5.41 Å². The zero-order chi connectivity index (χ0) is 15.7. The third kappa shape index (κ3) is 4.54. The molecule has 5 heteroatoms. The van der Waals surface area contributed by atoms with Crippen LogP contribution >= 0.6 is 0 Å². The average Bonchev–Trinajstić information content (AvgIpc) is 2.20. The quantitative estimate of drug-likeness (QED) is 0.835. The van der Waals surface area contributed by atoms with Crippen molar-refractivity contribution in [3.8, 4) is 0 Å². The summed E-state index contributed by atoms with van der Waals surface area (Å²) >= 11 is 0. The molecule has 0 aliphatic heterocycles. The molecule has 0 radical (unpaired) electrons. The molecule has 1 aromatic rings. The van der Waals surface area contributed by atoms with Crippen LogP contribution in [-0.2, 0) is 0 Å². The maximum atomic E-state index is 13.1. The van der Waals surface area contributed by atoms with E-state index in [1.807, 2.05) is 34.6 Å². The van der Waals surface area contributed by atoms with E-state index in [2.05, 4.69) is 5.32 Å². The van der Waals surface area contributed by atoms with Gasteiger partial charge in [0.05, 0.1) is 0 Å². The highest BCUT2D eigenvalue weighted by Crippen LogP contribution is 2.27. The molecule has 1 rings (SSSR count). The number of amides is 1. The average molecular weight is 287 g/mol. The summed E-state index contributed by atoms with van der Waals surface area (Å²) < 4.78 is 39.1. The van der Waals surface area contributed by atoms with Gasteiger partial charge in [0.1, 0.15) is 0 Å². The molecule has 1 amide bonds. The van der Waals surface area contributed by atoms with Gasteiger partial charge in [-0.1, -0.05) is 20.8 Å². The molecule has 0 heterocycles. The summed E-state index contributed by atoms with van der Waals surface area (Å²) in [5.41, 5.74) is -0.796. The smallest absolute Gasteiger partial charge is 0.251 e. The maximum Gasteiger partial charge on any atom is 0.251 e. The van der Waals surface area contributed by atoms with Crippen LogP contribution in [0.15, 0.2) is 12.1 Å². The molecule has 0 spiro atoms. The Hall–Kier alpha value is -1.52. The molecule has 0 atom stereocenters. The van der Waals surface area contributed by atoms with Crippen LogP contribution in [-0.4, -0.2) is 11.4 Å². The Morgan fingerprint density at radius 3 is 1.90 bits per heavy atom. The fourth-order valence-electron chi connectivity index (χ4n) is 2.44. The Bertz CT molecular complexity index is 495. The standard InChI is InChI=1S/C15H20F3NO/c1-14(2,3)8-15(4,5)19-13(20)9-6-10(16)12(18)11(17)7-9/h6-7H,8H2,1-5H3,(H,19,20). The minimum Gasteiger partial charge on any atom is -0.347 e. The van der Waals surface area contributed by atoms with E-state index in [9.17, 15) is 18.0 Å². The fraction of sp³-hybridized carbons (Fsp3) is 0.533. The molecule has 1 N–H and O–H groups in total. The summed E-state index contributed by atoms with van der Waals surface area (Å²) in [5.74, 6) is -4.94. The van der Waals surface area contributed by atoms with Gasteiger partial charge in [0.15, 0.2) is 17.5 Å². The Labute approximate surface area is 117 Å². The van der Waals surface area contributed by atoms with Crippen LogP contribution < -0.4 is 5.32 Å². The number of hydrogen-bond acceptors (Lipinski definition) is 1. The first-order chi connectivity index (χ1) is 8.91. The van der Waals surface area contributed by atoms with Gasteiger partial charge < -0.3 is 5.32 Å². The first-order valence-electron chi connectivity index (χ1n) is 6.38. The van der Waals surface area contributed by atoms with Gasteiger partial charge in [-0.15, -0.1) is 0 Å². The molecule has 0 unspecified atom stereocenters. The molecule has 2 nitrogen and oxygen atoms in total. The molecule has 112 valence electrons. The molecule has 0 fully saturated rings. The van der Waals surface area contributed by atoms with Gasteiger partial charge >= 0.3 is 0 Å². The van der Waals surface area contributed by atoms with Crippen molar-refractivity contribution in [3.05, 3.63) is 35.1 Å². The van der Waals surface area contributed by atoms with E-state index in [-0.39, 0.29) is 11.0 Å². The molecule has 0 saturated heterocycles.